The lowest BCUT2D eigenvalue weighted by molar-refractivity contribution is -0.127. The van der Waals surface area contributed by atoms with E-state index in [9.17, 15) is 19.5 Å². The van der Waals surface area contributed by atoms with Crippen LogP contribution in [0.1, 0.15) is 51.3 Å². The number of carbonyl (C=O) groups excluding carboxylic acids is 3. The van der Waals surface area contributed by atoms with Crippen molar-refractivity contribution in [2.45, 2.75) is 40.3 Å². The molecule has 38 heavy (non-hydrogen) atoms. The summed E-state index contributed by atoms with van der Waals surface area (Å²) in [7, 11) is 1.48. The van der Waals surface area contributed by atoms with Gasteiger partial charge in [0, 0.05) is 25.4 Å². The number of carbonyl (C=O) groups is 3. The maximum absolute atomic E-state index is 13.7. The molecule has 3 amide bonds. The number of hydrogen-bond donors (Lipinski definition) is 3. The van der Waals surface area contributed by atoms with Crippen LogP contribution in [-0.4, -0.2) is 52.8 Å². The molecule has 3 N–H and O–H groups in total. The van der Waals surface area contributed by atoms with Gasteiger partial charge in [-0.25, -0.2) is 0 Å². The molecule has 200 valence electrons. The molecule has 1 heterocycles. The van der Waals surface area contributed by atoms with Crippen LogP contribution in [-0.2, 0) is 16.2 Å². The average Bonchev–Trinajstić information content (AvgIpc) is 2.89. The first kappa shape index (κ1) is 28.2. The van der Waals surface area contributed by atoms with Gasteiger partial charge in [0.1, 0.15) is 30.7 Å². The normalized spacial score (nSPS) is 11.4. The van der Waals surface area contributed by atoms with Gasteiger partial charge in [0.25, 0.3) is 5.91 Å². The Labute approximate surface area is 222 Å². The lowest BCUT2D eigenvalue weighted by Crippen LogP contribution is -2.47. The summed E-state index contributed by atoms with van der Waals surface area (Å²) in [6.45, 7) is 7.51. The summed E-state index contributed by atoms with van der Waals surface area (Å²) in [5.74, 6) is -0.827. The zero-order chi connectivity index (χ0) is 27.8. The fourth-order valence-corrected chi connectivity index (χ4v) is 4.20. The molecule has 3 rings (SSSR count). The molecular weight excluding hydrogens is 484 g/mol. The highest BCUT2D eigenvalue weighted by molar-refractivity contribution is 6.00. The van der Waals surface area contributed by atoms with E-state index in [-0.39, 0.29) is 24.5 Å². The molecule has 0 bridgehead atoms. The predicted molar refractivity (Wildman–Crippen MR) is 144 cm³/mol. The number of hydrogen-bond acceptors (Lipinski definition) is 6. The first-order valence-corrected chi connectivity index (χ1v) is 12.4. The zero-order valence-electron chi connectivity index (χ0n) is 22.4. The summed E-state index contributed by atoms with van der Waals surface area (Å²) in [6, 6.07) is 12.6. The van der Waals surface area contributed by atoms with Gasteiger partial charge >= 0.3 is 0 Å². The first-order valence-electron chi connectivity index (χ1n) is 12.4. The number of phenolic OH excluding ortho intramolecular Hbond substituents is 1. The molecule has 0 fully saturated rings. The number of amides is 3. The number of rotatable bonds is 10. The molecule has 1 unspecified atom stereocenters. The Hall–Kier alpha value is -4.40. The van der Waals surface area contributed by atoms with Gasteiger partial charge in [-0.15, -0.1) is 0 Å². The minimum absolute atomic E-state index is 0.0496. The number of nitrogens with one attached hydrogen (secondary N) is 2. The summed E-state index contributed by atoms with van der Waals surface area (Å²) in [6.07, 6.45) is 1.70. The Balaban J connectivity index is 2.03. The number of likely N-dealkylation sites (N-methyl/N-ethyl adjacent to an activating group) is 2. The third kappa shape index (κ3) is 6.67. The number of benzene rings is 2. The number of phenols is 1. The number of ether oxygens (including phenoxy) is 1. The predicted octanol–water partition coefficient (Wildman–Crippen LogP) is 3.36. The van der Waals surface area contributed by atoms with Crippen LogP contribution in [0.15, 0.2) is 54.7 Å². The molecule has 9 heteroatoms. The van der Waals surface area contributed by atoms with Crippen LogP contribution in [0, 0.1) is 20.8 Å². The number of nitrogens with zero attached hydrogens (tertiary/aromatic N) is 2. The second-order valence-corrected chi connectivity index (χ2v) is 9.00. The Morgan fingerprint density at radius 3 is 2.32 bits per heavy atom. The van der Waals surface area contributed by atoms with E-state index < -0.39 is 23.8 Å². The van der Waals surface area contributed by atoms with Crippen LogP contribution in [0.2, 0.25) is 0 Å². The Bertz CT molecular complexity index is 1290. The Morgan fingerprint density at radius 2 is 1.74 bits per heavy atom. The van der Waals surface area contributed by atoms with Crippen LogP contribution in [0.3, 0.4) is 0 Å². The van der Waals surface area contributed by atoms with Gasteiger partial charge in [-0.2, -0.15) is 0 Å². The quantitative estimate of drug-likeness (QED) is 0.379. The molecule has 0 saturated heterocycles. The Morgan fingerprint density at radius 1 is 1.03 bits per heavy atom. The molecule has 0 aliphatic heterocycles. The van der Waals surface area contributed by atoms with Gasteiger partial charge in [-0.05, 0) is 86.3 Å². The van der Waals surface area contributed by atoms with Crippen LogP contribution >= 0.6 is 0 Å². The fraction of sp³-hybridized carbons (Fsp3) is 0.310. The van der Waals surface area contributed by atoms with E-state index in [2.05, 4.69) is 15.6 Å². The molecule has 0 aliphatic rings. The molecule has 0 aliphatic carbocycles. The van der Waals surface area contributed by atoms with Gasteiger partial charge in [-0.3, -0.25) is 19.4 Å². The van der Waals surface area contributed by atoms with Crippen LogP contribution < -0.4 is 15.4 Å². The highest BCUT2D eigenvalue weighted by atomic mass is 16.5. The van der Waals surface area contributed by atoms with Crippen molar-refractivity contribution in [3.05, 3.63) is 88.2 Å². The number of aromatic hydroxyl groups is 1. The topological polar surface area (TPSA) is 121 Å². The van der Waals surface area contributed by atoms with E-state index in [1.165, 1.54) is 18.0 Å². The summed E-state index contributed by atoms with van der Waals surface area (Å²) in [5, 5.41) is 15.5. The summed E-state index contributed by atoms with van der Waals surface area (Å²) < 4.78 is 6.04. The largest absolute Gasteiger partial charge is 0.508 e. The summed E-state index contributed by atoms with van der Waals surface area (Å²) >= 11 is 0. The van der Waals surface area contributed by atoms with Crippen molar-refractivity contribution < 1.29 is 24.2 Å². The SMILES string of the molecule is CCNC(=O)CN(C(=O)c1ccc(C)c(O)c1)C(C(=O)NC)c1cc(C)c(OCc2ccccn2)c(C)c1. The molecule has 1 atom stereocenters. The molecule has 0 saturated carbocycles. The molecule has 1 aromatic heterocycles. The van der Waals surface area contributed by atoms with E-state index >= 15 is 0 Å². The average molecular weight is 519 g/mol. The van der Waals surface area contributed by atoms with Crippen molar-refractivity contribution in [3.63, 3.8) is 0 Å². The van der Waals surface area contributed by atoms with Crippen molar-refractivity contribution in [1.82, 2.24) is 20.5 Å². The lowest BCUT2D eigenvalue weighted by atomic mass is 9.97. The third-order valence-electron chi connectivity index (χ3n) is 6.10. The smallest absolute Gasteiger partial charge is 0.255 e. The minimum atomic E-state index is -1.11. The first-order chi connectivity index (χ1) is 18.2. The monoisotopic (exact) mass is 518 g/mol. The van der Waals surface area contributed by atoms with Gasteiger partial charge in [0.15, 0.2) is 0 Å². The summed E-state index contributed by atoms with van der Waals surface area (Å²) in [5.41, 5.74) is 3.60. The maximum Gasteiger partial charge on any atom is 0.255 e. The van der Waals surface area contributed by atoms with Crippen molar-refractivity contribution in [3.8, 4) is 11.5 Å². The van der Waals surface area contributed by atoms with E-state index in [1.807, 2.05) is 32.0 Å². The standard InChI is InChI=1S/C29H34N4O5/c1-6-31-25(35)16-33(29(37)21-11-10-18(2)24(34)15-21)26(28(36)30-5)22-13-19(3)27(20(4)14-22)38-17-23-9-7-8-12-32-23/h7-15,26,34H,6,16-17H2,1-5H3,(H,30,36)(H,31,35). The molecule has 3 aromatic rings. The minimum Gasteiger partial charge on any atom is -0.508 e. The Kier molecular flexibility index (Phi) is 9.43. The molecular formula is C29H34N4O5. The zero-order valence-corrected chi connectivity index (χ0v) is 22.4. The van der Waals surface area contributed by atoms with Crippen LogP contribution in [0.4, 0.5) is 0 Å². The van der Waals surface area contributed by atoms with E-state index in [4.69, 9.17) is 4.74 Å². The second kappa shape index (κ2) is 12.7. The van der Waals surface area contributed by atoms with Gasteiger partial charge < -0.3 is 25.4 Å². The van der Waals surface area contributed by atoms with Gasteiger partial charge in [0.2, 0.25) is 11.8 Å². The van der Waals surface area contributed by atoms with Crippen molar-refractivity contribution in [1.29, 1.82) is 0 Å². The fourth-order valence-electron chi connectivity index (χ4n) is 4.20. The highest BCUT2D eigenvalue weighted by Crippen LogP contribution is 2.32. The van der Waals surface area contributed by atoms with Crippen molar-refractivity contribution >= 4 is 17.7 Å². The highest BCUT2D eigenvalue weighted by Gasteiger charge is 2.34. The second-order valence-electron chi connectivity index (χ2n) is 9.00. The summed E-state index contributed by atoms with van der Waals surface area (Å²) in [4.78, 5) is 45.1. The number of aromatic nitrogens is 1. The van der Waals surface area contributed by atoms with E-state index in [0.29, 0.717) is 23.4 Å². The van der Waals surface area contributed by atoms with E-state index in [0.717, 1.165) is 16.8 Å². The molecule has 0 spiro atoms. The lowest BCUT2D eigenvalue weighted by Gasteiger charge is -2.31. The van der Waals surface area contributed by atoms with Gasteiger partial charge in [-0.1, -0.05) is 12.1 Å². The number of pyridine rings is 1. The molecule has 0 radical (unpaired) electrons. The molecule has 2 aromatic carbocycles. The number of aryl methyl sites for hydroxylation is 3. The van der Waals surface area contributed by atoms with Crippen LogP contribution in [0.5, 0.6) is 11.5 Å². The molecule has 9 nitrogen and oxygen atoms in total. The van der Waals surface area contributed by atoms with E-state index in [1.54, 1.807) is 44.3 Å². The van der Waals surface area contributed by atoms with Crippen molar-refractivity contribution in [2.75, 3.05) is 20.1 Å². The third-order valence-corrected chi connectivity index (χ3v) is 6.10. The van der Waals surface area contributed by atoms with Crippen LogP contribution in [0.25, 0.3) is 0 Å². The van der Waals surface area contributed by atoms with Gasteiger partial charge in [0.05, 0.1) is 5.69 Å². The maximum atomic E-state index is 13.7. The van der Waals surface area contributed by atoms with Crippen molar-refractivity contribution in [2.24, 2.45) is 0 Å².